The Morgan fingerprint density at radius 1 is 1.08 bits per heavy atom. The summed E-state index contributed by atoms with van der Waals surface area (Å²) in [5.74, 6) is -0.776. The minimum absolute atomic E-state index is 0.0869. The molecule has 8 heteroatoms. The average molecular weight is 531 g/mol. The smallest absolute Gasteiger partial charge is 0.255 e. The Kier molecular flexibility index (Phi) is 7.96. The summed E-state index contributed by atoms with van der Waals surface area (Å²) in [6, 6.07) is 20.0. The molecule has 0 saturated carbocycles. The molecular formula is C30H28ClFN4O2. The summed E-state index contributed by atoms with van der Waals surface area (Å²) in [5, 5.41) is 2.78. The molecule has 0 bridgehead atoms. The maximum absolute atomic E-state index is 13.4. The molecule has 1 amide bonds. The quantitative estimate of drug-likeness (QED) is 0.301. The number of benzene rings is 3. The van der Waals surface area contributed by atoms with Gasteiger partial charge in [-0.05, 0) is 60.4 Å². The maximum Gasteiger partial charge on any atom is 0.255 e. The Hall–Kier alpha value is -3.81. The number of aromatic nitrogens is 2. The van der Waals surface area contributed by atoms with Gasteiger partial charge < -0.3 is 15.0 Å². The third kappa shape index (κ3) is 6.18. The number of halogens is 2. The van der Waals surface area contributed by atoms with Gasteiger partial charge in [0.1, 0.15) is 5.82 Å². The van der Waals surface area contributed by atoms with E-state index >= 15 is 0 Å². The Labute approximate surface area is 226 Å². The first-order valence-electron chi connectivity index (χ1n) is 12.6. The molecule has 1 fully saturated rings. The molecular weight excluding hydrogens is 503 g/mol. The number of morpholine rings is 1. The predicted octanol–water partition coefficient (Wildman–Crippen LogP) is 6.37. The third-order valence-electron chi connectivity index (χ3n) is 6.61. The first-order valence-corrected chi connectivity index (χ1v) is 12.9. The van der Waals surface area contributed by atoms with Crippen molar-refractivity contribution in [2.75, 3.05) is 36.5 Å². The number of carbonyl (C=O) groups excluding carboxylic acids is 1. The number of nitrogens with zero attached hydrogens (tertiary/aromatic N) is 3. The van der Waals surface area contributed by atoms with Crippen LogP contribution in [-0.4, -0.2) is 42.2 Å². The van der Waals surface area contributed by atoms with Crippen molar-refractivity contribution in [1.29, 1.82) is 0 Å². The highest BCUT2D eigenvalue weighted by Crippen LogP contribution is 2.26. The maximum atomic E-state index is 13.4. The van der Waals surface area contributed by atoms with Crippen LogP contribution in [0.25, 0.3) is 11.3 Å². The van der Waals surface area contributed by atoms with Gasteiger partial charge in [-0.25, -0.2) is 9.37 Å². The summed E-state index contributed by atoms with van der Waals surface area (Å²) in [4.78, 5) is 24.3. The first-order chi connectivity index (χ1) is 18.5. The summed E-state index contributed by atoms with van der Waals surface area (Å²) in [6.45, 7) is 5.35. The van der Waals surface area contributed by atoms with Gasteiger partial charge in [-0.2, -0.15) is 0 Å². The number of ether oxygens (including phenoxy) is 1. The lowest BCUT2D eigenvalue weighted by Gasteiger charge is -2.29. The number of amides is 1. The van der Waals surface area contributed by atoms with Gasteiger partial charge in [0.05, 0.1) is 35.8 Å². The molecule has 194 valence electrons. The van der Waals surface area contributed by atoms with E-state index in [1.165, 1.54) is 18.2 Å². The van der Waals surface area contributed by atoms with E-state index in [1.807, 2.05) is 24.3 Å². The molecule has 0 radical (unpaired) electrons. The molecule has 1 aliphatic rings. The molecule has 6 nitrogen and oxygen atoms in total. The Morgan fingerprint density at radius 3 is 2.71 bits per heavy atom. The lowest BCUT2D eigenvalue weighted by atomic mass is 9.95. The summed E-state index contributed by atoms with van der Waals surface area (Å²) in [7, 11) is 0. The highest BCUT2D eigenvalue weighted by molar-refractivity contribution is 6.31. The number of hydrogen-bond donors (Lipinski definition) is 1. The molecule has 3 aromatic carbocycles. The standard InChI is InChI=1S/C30H28ClFN4O2/c1-20(21-4-2-6-24(15-21)35-30(37)23-8-9-28(32)27(31)17-23)14-25-18-33-19-29(34-25)22-5-3-7-26(16-22)36-10-12-38-13-11-36/h2-9,15-20H,10-14H2,1H3,(H,35,37)/t20-/m1/s1. The van der Waals surface area contributed by atoms with Crippen molar-refractivity contribution in [3.63, 3.8) is 0 Å². The van der Waals surface area contributed by atoms with Gasteiger partial charge in [0, 0.05) is 41.8 Å². The van der Waals surface area contributed by atoms with Gasteiger partial charge in [-0.15, -0.1) is 0 Å². The van der Waals surface area contributed by atoms with Crippen molar-refractivity contribution in [1.82, 2.24) is 9.97 Å². The van der Waals surface area contributed by atoms with Gasteiger partial charge in [-0.1, -0.05) is 42.8 Å². The van der Waals surface area contributed by atoms with Crippen LogP contribution >= 0.6 is 11.6 Å². The van der Waals surface area contributed by atoms with Crippen molar-refractivity contribution in [2.45, 2.75) is 19.3 Å². The van der Waals surface area contributed by atoms with Crippen LogP contribution in [-0.2, 0) is 11.2 Å². The number of nitrogens with one attached hydrogen (secondary N) is 1. The van der Waals surface area contributed by atoms with Gasteiger partial charge in [0.25, 0.3) is 5.91 Å². The van der Waals surface area contributed by atoms with Crippen LogP contribution in [0.15, 0.2) is 79.1 Å². The lowest BCUT2D eigenvalue weighted by Crippen LogP contribution is -2.36. The number of anilines is 2. The van der Waals surface area contributed by atoms with Crippen molar-refractivity contribution < 1.29 is 13.9 Å². The molecule has 5 rings (SSSR count). The Bertz CT molecular complexity index is 1440. The lowest BCUT2D eigenvalue weighted by molar-refractivity contribution is 0.102. The van der Waals surface area contributed by atoms with Crippen LogP contribution < -0.4 is 10.2 Å². The largest absolute Gasteiger partial charge is 0.378 e. The molecule has 1 N–H and O–H groups in total. The first kappa shape index (κ1) is 25.8. The highest BCUT2D eigenvalue weighted by Gasteiger charge is 2.15. The van der Waals surface area contributed by atoms with Crippen molar-refractivity contribution in [2.24, 2.45) is 0 Å². The minimum atomic E-state index is -0.559. The molecule has 1 aromatic heterocycles. The zero-order valence-electron chi connectivity index (χ0n) is 21.0. The van der Waals surface area contributed by atoms with Crippen molar-refractivity contribution in [3.8, 4) is 11.3 Å². The molecule has 1 saturated heterocycles. The van der Waals surface area contributed by atoms with Crippen LogP contribution in [0, 0.1) is 5.82 Å². The monoisotopic (exact) mass is 530 g/mol. The Balaban J connectivity index is 1.28. The molecule has 1 atom stereocenters. The summed E-state index contributed by atoms with van der Waals surface area (Å²) in [5.41, 5.74) is 5.92. The van der Waals surface area contributed by atoms with Crippen LogP contribution in [0.1, 0.15) is 34.5 Å². The summed E-state index contributed by atoms with van der Waals surface area (Å²) >= 11 is 5.83. The zero-order valence-corrected chi connectivity index (χ0v) is 21.8. The average Bonchev–Trinajstić information content (AvgIpc) is 2.95. The molecule has 0 spiro atoms. The molecule has 1 aliphatic heterocycles. The van der Waals surface area contributed by atoms with E-state index in [0.29, 0.717) is 17.7 Å². The fourth-order valence-electron chi connectivity index (χ4n) is 4.52. The Morgan fingerprint density at radius 2 is 1.89 bits per heavy atom. The van der Waals surface area contributed by atoms with E-state index in [1.54, 1.807) is 12.4 Å². The fraction of sp³-hybridized carbons (Fsp3) is 0.233. The number of hydrogen-bond acceptors (Lipinski definition) is 5. The van der Waals surface area contributed by atoms with E-state index in [2.05, 4.69) is 46.4 Å². The normalized spacial score (nSPS) is 14.2. The number of rotatable bonds is 7. The van der Waals surface area contributed by atoms with E-state index in [4.69, 9.17) is 21.3 Å². The molecule has 4 aromatic rings. The van der Waals surface area contributed by atoms with Gasteiger partial charge in [0.15, 0.2) is 0 Å². The summed E-state index contributed by atoms with van der Waals surface area (Å²) < 4.78 is 18.9. The zero-order chi connectivity index (χ0) is 26.5. The fourth-order valence-corrected chi connectivity index (χ4v) is 4.70. The topological polar surface area (TPSA) is 67.3 Å². The van der Waals surface area contributed by atoms with Crippen molar-refractivity contribution >= 4 is 28.9 Å². The van der Waals surface area contributed by atoms with Crippen molar-refractivity contribution in [3.05, 3.63) is 107 Å². The second kappa shape index (κ2) is 11.7. The SMILES string of the molecule is C[C@H](Cc1cncc(-c2cccc(N3CCOCC3)c2)n1)c1cccc(NC(=O)c2ccc(F)c(Cl)c2)c1. The van der Waals surface area contributed by atoms with Gasteiger partial charge >= 0.3 is 0 Å². The van der Waals surface area contributed by atoms with E-state index in [-0.39, 0.29) is 16.8 Å². The van der Waals surface area contributed by atoms with E-state index < -0.39 is 5.82 Å². The van der Waals surface area contributed by atoms with Crippen LogP contribution in [0.5, 0.6) is 0 Å². The highest BCUT2D eigenvalue weighted by atomic mass is 35.5. The summed E-state index contributed by atoms with van der Waals surface area (Å²) in [6.07, 6.45) is 4.29. The van der Waals surface area contributed by atoms with Crippen LogP contribution in [0.4, 0.5) is 15.8 Å². The predicted molar refractivity (Wildman–Crippen MR) is 148 cm³/mol. The minimum Gasteiger partial charge on any atom is -0.378 e. The number of carbonyl (C=O) groups is 1. The molecule has 0 unspecified atom stereocenters. The second-order valence-corrected chi connectivity index (χ2v) is 9.77. The van der Waals surface area contributed by atoms with E-state index in [0.717, 1.165) is 54.5 Å². The molecule has 0 aliphatic carbocycles. The van der Waals surface area contributed by atoms with Crippen LogP contribution in [0.2, 0.25) is 5.02 Å². The van der Waals surface area contributed by atoms with Gasteiger partial charge in [-0.3, -0.25) is 9.78 Å². The molecule has 2 heterocycles. The van der Waals surface area contributed by atoms with Gasteiger partial charge in [0.2, 0.25) is 0 Å². The van der Waals surface area contributed by atoms with Crippen LogP contribution in [0.3, 0.4) is 0 Å². The second-order valence-electron chi connectivity index (χ2n) is 9.36. The van der Waals surface area contributed by atoms with E-state index in [9.17, 15) is 9.18 Å². The molecule has 38 heavy (non-hydrogen) atoms. The third-order valence-corrected chi connectivity index (χ3v) is 6.90.